The summed E-state index contributed by atoms with van der Waals surface area (Å²) in [4.78, 5) is 24.8. The first-order chi connectivity index (χ1) is 12.5. The molecule has 1 aromatic carbocycles. The number of rotatable bonds is 1. The first-order valence-corrected chi connectivity index (χ1v) is 8.77. The van der Waals surface area contributed by atoms with E-state index in [0.717, 1.165) is 12.8 Å². The number of fused-ring (bicyclic) bond motifs is 2. The van der Waals surface area contributed by atoms with Gasteiger partial charge in [-0.15, -0.1) is 0 Å². The Morgan fingerprint density at radius 2 is 2.15 bits per heavy atom. The lowest BCUT2D eigenvalue weighted by Gasteiger charge is -2.29. The number of ether oxygens (including phenoxy) is 1. The van der Waals surface area contributed by atoms with Crippen LogP contribution in [0.3, 0.4) is 0 Å². The zero-order chi connectivity index (χ0) is 18.2. The van der Waals surface area contributed by atoms with Gasteiger partial charge in [-0.2, -0.15) is 5.16 Å². The van der Waals surface area contributed by atoms with Gasteiger partial charge in [0.05, 0.1) is 16.9 Å². The van der Waals surface area contributed by atoms with E-state index >= 15 is 4.39 Å². The van der Waals surface area contributed by atoms with Gasteiger partial charge in [-0.25, -0.2) is 4.39 Å². The Balaban J connectivity index is 1.95. The smallest absolute Gasteiger partial charge is 0.293 e. The van der Waals surface area contributed by atoms with Gasteiger partial charge in [-0.1, -0.05) is 0 Å². The van der Waals surface area contributed by atoms with E-state index in [1.807, 2.05) is 6.92 Å². The maximum Gasteiger partial charge on any atom is 0.293 e. The summed E-state index contributed by atoms with van der Waals surface area (Å²) in [5.74, 6) is -0.153. The maximum atomic E-state index is 15.0. The fourth-order valence-electron chi connectivity index (χ4n) is 4.45. The van der Waals surface area contributed by atoms with Crippen molar-refractivity contribution in [2.24, 2.45) is 5.73 Å². The Labute approximate surface area is 146 Å². The summed E-state index contributed by atoms with van der Waals surface area (Å²) < 4.78 is 28.0. The number of H-pyrrole nitrogens is 1. The molecule has 26 heavy (non-hydrogen) atoms. The Hall–Kier alpha value is -2.61. The molecule has 1 aliphatic carbocycles. The van der Waals surface area contributed by atoms with E-state index in [1.54, 1.807) is 4.57 Å². The molecule has 3 unspecified atom stereocenters. The van der Waals surface area contributed by atoms with Crippen LogP contribution in [0.2, 0.25) is 0 Å². The highest BCUT2D eigenvalue weighted by molar-refractivity contribution is 5.95. The standard InChI is InChI=1S/C18H18FN3O4/c1-7-6-25-16-12(8-2-3-9(20)4-8)11(19)5-10-14(16)22(7)18-13(15(10)23)17(24)21-26-18/h5,7-9H,2-4,6,20H2,1H3,(H,21,24). The largest absolute Gasteiger partial charge is 0.489 e. The molecule has 1 saturated carbocycles. The van der Waals surface area contributed by atoms with Crippen molar-refractivity contribution in [3.63, 3.8) is 0 Å². The number of benzene rings is 1. The van der Waals surface area contributed by atoms with E-state index in [2.05, 4.69) is 5.16 Å². The fourth-order valence-corrected chi connectivity index (χ4v) is 4.45. The summed E-state index contributed by atoms with van der Waals surface area (Å²) in [6.45, 7) is 2.19. The van der Waals surface area contributed by atoms with Crippen LogP contribution in [0, 0.1) is 5.82 Å². The summed E-state index contributed by atoms with van der Waals surface area (Å²) in [5, 5.41) is 2.26. The number of aromatic amines is 1. The molecule has 3 aromatic rings. The quantitative estimate of drug-likeness (QED) is 0.693. The Bertz CT molecular complexity index is 1180. The summed E-state index contributed by atoms with van der Waals surface area (Å²) in [6.07, 6.45) is 2.29. The highest BCUT2D eigenvalue weighted by Crippen LogP contribution is 2.45. The van der Waals surface area contributed by atoms with E-state index in [1.165, 1.54) is 6.07 Å². The second-order valence-electron chi connectivity index (χ2n) is 7.34. The molecule has 136 valence electrons. The zero-order valence-electron chi connectivity index (χ0n) is 14.2. The Morgan fingerprint density at radius 3 is 2.88 bits per heavy atom. The fraction of sp³-hybridized carbons (Fsp3) is 0.444. The number of pyridine rings is 1. The first kappa shape index (κ1) is 15.6. The van der Waals surface area contributed by atoms with Crippen LogP contribution in [-0.2, 0) is 0 Å². The lowest BCUT2D eigenvalue weighted by molar-refractivity contribution is 0.240. The van der Waals surface area contributed by atoms with Gasteiger partial charge in [-0.05, 0) is 38.2 Å². The molecule has 3 N–H and O–H groups in total. The number of nitrogens with one attached hydrogen (secondary N) is 1. The lowest BCUT2D eigenvalue weighted by atomic mass is 9.93. The van der Waals surface area contributed by atoms with Crippen molar-refractivity contribution in [2.75, 3.05) is 6.61 Å². The maximum absolute atomic E-state index is 15.0. The van der Waals surface area contributed by atoms with Crippen LogP contribution in [0.1, 0.15) is 43.7 Å². The molecular formula is C18H18FN3O4. The SMILES string of the molecule is CC1COc2c(C3CCC(N)C3)c(F)cc3c(=O)c4c(=O)[nH]oc4n1c23. The highest BCUT2D eigenvalue weighted by atomic mass is 19.1. The lowest BCUT2D eigenvalue weighted by Crippen LogP contribution is -2.26. The molecule has 0 bridgehead atoms. The average molecular weight is 359 g/mol. The van der Waals surface area contributed by atoms with Crippen molar-refractivity contribution in [1.82, 2.24) is 9.72 Å². The normalized spacial score (nSPS) is 25.1. The topological polar surface area (TPSA) is 103 Å². The minimum absolute atomic E-state index is 0.0391. The van der Waals surface area contributed by atoms with Gasteiger partial charge in [0.25, 0.3) is 5.56 Å². The molecule has 2 aromatic heterocycles. The zero-order valence-corrected chi connectivity index (χ0v) is 14.2. The van der Waals surface area contributed by atoms with Crippen molar-refractivity contribution in [3.05, 3.63) is 38.0 Å². The number of nitrogens with zero attached hydrogens (tertiary/aromatic N) is 1. The number of aromatic nitrogens is 2. The van der Waals surface area contributed by atoms with Gasteiger partial charge in [0, 0.05) is 11.6 Å². The van der Waals surface area contributed by atoms with Crippen LogP contribution in [0.4, 0.5) is 4.39 Å². The molecule has 7 nitrogen and oxygen atoms in total. The van der Waals surface area contributed by atoms with Crippen molar-refractivity contribution >= 4 is 22.0 Å². The molecule has 3 heterocycles. The van der Waals surface area contributed by atoms with Gasteiger partial charge in [-0.3, -0.25) is 14.2 Å². The molecule has 1 aliphatic heterocycles. The van der Waals surface area contributed by atoms with Crippen LogP contribution in [-0.4, -0.2) is 22.4 Å². The number of hydrogen-bond donors (Lipinski definition) is 2. The van der Waals surface area contributed by atoms with Gasteiger partial charge >= 0.3 is 0 Å². The van der Waals surface area contributed by atoms with Gasteiger partial charge in [0.1, 0.15) is 18.2 Å². The molecule has 0 saturated heterocycles. The van der Waals surface area contributed by atoms with Gasteiger partial charge < -0.3 is 15.0 Å². The van der Waals surface area contributed by atoms with E-state index in [4.69, 9.17) is 15.0 Å². The summed E-state index contributed by atoms with van der Waals surface area (Å²) in [5.41, 5.74) is 5.99. The summed E-state index contributed by atoms with van der Waals surface area (Å²) in [6, 6.07) is 1.10. The van der Waals surface area contributed by atoms with Crippen molar-refractivity contribution in [1.29, 1.82) is 0 Å². The van der Waals surface area contributed by atoms with E-state index in [9.17, 15) is 9.59 Å². The Kier molecular flexibility index (Phi) is 3.13. The van der Waals surface area contributed by atoms with Crippen LogP contribution < -0.4 is 21.5 Å². The summed E-state index contributed by atoms with van der Waals surface area (Å²) >= 11 is 0. The van der Waals surface area contributed by atoms with Gasteiger partial charge in [0.15, 0.2) is 5.39 Å². The monoisotopic (exact) mass is 359 g/mol. The van der Waals surface area contributed by atoms with Crippen LogP contribution in [0.5, 0.6) is 5.75 Å². The molecule has 0 radical (unpaired) electrons. The molecule has 0 spiro atoms. The van der Waals surface area contributed by atoms with E-state index in [-0.39, 0.29) is 34.5 Å². The third kappa shape index (κ3) is 1.90. The average Bonchev–Trinajstić information content (AvgIpc) is 3.19. The minimum atomic E-state index is -0.609. The second kappa shape index (κ2) is 5.20. The van der Waals surface area contributed by atoms with E-state index < -0.39 is 16.8 Å². The molecule has 1 fully saturated rings. The van der Waals surface area contributed by atoms with Gasteiger partial charge in [0.2, 0.25) is 11.1 Å². The third-order valence-electron chi connectivity index (χ3n) is 5.65. The number of hydrogen-bond acceptors (Lipinski definition) is 5. The predicted octanol–water partition coefficient (Wildman–Crippen LogP) is 2.12. The summed E-state index contributed by atoms with van der Waals surface area (Å²) in [7, 11) is 0. The minimum Gasteiger partial charge on any atom is -0.489 e. The molecular weight excluding hydrogens is 341 g/mol. The highest BCUT2D eigenvalue weighted by Gasteiger charge is 2.34. The molecule has 0 amide bonds. The number of halogens is 1. The van der Waals surface area contributed by atoms with Crippen LogP contribution >= 0.6 is 0 Å². The molecule has 8 heteroatoms. The number of nitrogens with two attached hydrogens (primary N) is 1. The molecule has 2 aliphatic rings. The molecule has 3 atom stereocenters. The van der Waals surface area contributed by atoms with Crippen LogP contribution in [0.25, 0.3) is 22.0 Å². The van der Waals surface area contributed by atoms with Crippen LogP contribution in [0.15, 0.2) is 20.2 Å². The first-order valence-electron chi connectivity index (χ1n) is 8.77. The second-order valence-corrected chi connectivity index (χ2v) is 7.34. The third-order valence-corrected chi connectivity index (χ3v) is 5.65. The van der Waals surface area contributed by atoms with Crippen molar-refractivity contribution in [3.8, 4) is 5.75 Å². The van der Waals surface area contributed by atoms with E-state index in [0.29, 0.717) is 29.9 Å². The van der Waals surface area contributed by atoms with Crippen molar-refractivity contribution in [2.45, 2.75) is 44.2 Å². The predicted molar refractivity (Wildman–Crippen MR) is 93.3 cm³/mol. The Morgan fingerprint density at radius 1 is 1.35 bits per heavy atom. The van der Waals surface area contributed by atoms with Crippen molar-refractivity contribution < 1.29 is 13.7 Å². The molecule has 5 rings (SSSR count).